The SMILES string of the molecule is O=C(O)c1ccc(-c2cc3c(c(OC(=O)C(F)(F)F)c2)NCC3)c2ccccc12. The van der Waals surface area contributed by atoms with Crippen molar-refractivity contribution in [3.8, 4) is 16.9 Å². The molecule has 3 aromatic rings. The van der Waals surface area contributed by atoms with Gasteiger partial charge in [0.25, 0.3) is 0 Å². The first kappa shape index (κ1) is 18.8. The number of aromatic carboxylic acids is 1. The minimum absolute atomic E-state index is 0.121. The maximum atomic E-state index is 12.7. The lowest BCUT2D eigenvalue weighted by Gasteiger charge is -2.15. The van der Waals surface area contributed by atoms with Gasteiger partial charge in [0.05, 0.1) is 11.3 Å². The van der Waals surface area contributed by atoms with E-state index in [4.69, 9.17) is 0 Å². The van der Waals surface area contributed by atoms with Crippen molar-refractivity contribution in [1.82, 2.24) is 0 Å². The van der Waals surface area contributed by atoms with Gasteiger partial charge in [-0.1, -0.05) is 30.3 Å². The van der Waals surface area contributed by atoms with Gasteiger partial charge in [0, 0.05) is 6.54 Å². The minimum atomic E-state index is -5.11. The summed E-state index contributed by atoms with van der Waals surface area (Å²) in [6.45, 7) is 0.508. The molecule has 3 aromatic carbocycles. The molecule has 0 spiro atoms. The molecule has 0 saturated carbocycles. The third-order valence-electron chi connectivity index (χ3n) is 4.78. The summed E-state index contributed by atoms with van der Waals surface area (Å²) in [6.07, 6.45) is -4.55. The second kappa shape index (κ2) is 6.80. The molecular weight excluding hydrogens is 387 g/mol. The molecule has 148 valence electrons. The topological polar surface area (TPSA) is 75.6 Å². The number of carbonyl (C=O) groups is 2. The van der Waals surface area contributed by atoms with Gasteiger partial charge in [-0.2, -0.15) is 13.2 Å². The van der Waals surface area contributed by atoms with Gasteiger partial charge in [-0.3, -0.25) is 0 Å². The Morgan fingerprint density at radius 1 is 1.03 bits per heavy atom. The Hall–Kier alpha value is -3.55. The van der Waals surface area contributed by atoms with E-state index in [1.165, 1.54) is 12.1 Å². The summed E-state index contributed by atoms with van der Waals surface area (Å²) in [5.41, 5.74) is 2.36. The van der Waals surface area contributed by atoms with Crippen LogP contribution in [0.3, 0.4) is 0 Å². The molecule has 1 aliphatic rings. The van der Waals surface area contributed by atoms with Crippen molar-refractivity contribution in [1.29, 1.82) is 0 Å². The number of anilines is 1. The Balaban J connectivity index is 1.89. The quantitative estimate of drug-likeness (QED) is 0.494. The van der Waals surface area contributed by atoms with E-state index in [-0.39, 0.29) is 11.3 Å². The predicted molar refractivity (Wildman–Crippen MR) is 100 cm³/mol. The Labute approximate surface area is 162 Å². The molecule has 0 saturated heterocycles. The first-order valence-corrected chi connectivity index (χ1v) is 8.71. The highest BCUT2D eigenvalue weighted by atomic mass is 19.4. The van der Waals surface area contributed by atoms with Crippen LogP contribution in [0.15, 0.2) is 48.5 Å². The third kappa shape index (κ3) is 3.37. The van der Waals surface area contributed by atoms with Crippen LogP contribution in [0.4, 0.5) is 18.9 Å². The molecule has 2 N–H and O–H groups in total. The van der Waals surface area contributed by atoms with Gasteiger partial charge < -0.3 is 15.2 Å². The van der Waals surface area contributed by atoms with E-state index >= 15 is 0 Å². The molecule has 0 atom stereocenters. The van der Waals surface area contributed by atoms with Gasteiger partial charge in [-0.25, -0.2) is 9.59 Å². The monoisotopic (exact) mass is 401 g/mol. The van der Waals surface area contributed by atoms with Crippen molar-refractivity contribution in [3.63, 3.8) is 0 Å². The molecule has 0 unspecified atom stereocenters. The molecule has 0 fully saturated rings. The minimum Gasteiger partial charge on any atom is -0.478 e. The van der Waals surface area contributed by atoms with Crippen molar-refractivity contribution >= 4 is 28.4 Å². The van der Waals surface area contributed by atoms with Crippen LogP contribution >= 0.6 is 0 Å². The van der Waals surface area contributed by atoms with Crippen molar-refractivity contribution in [3.05, 3.63) is 59.7 Å². The number of ether oxygens (including phenoxy) is 1. The third-order valence-corrected chi connectivity index (χ3v) is 4.78. The lowest BCUT2D eigenvalue weighted by atomic mass is 9.93. The molecule has 5 nitrogen and oxygen atoms in total. The Morgan fingerprint density at radius 2 is 1.76 bits per heavy atom. The number of fused-ring (bicyclic) bond motifs is 2. The van der Waals surface area contributed by atoms with Crippen LogP contribution in [-0.4, -0.2) is 29.8 Å². The van der Waals surface area contributed by atoms with Crippen LogP contribution in [0.1, 0.15) is 15.9 Å². The molecule has 0 amide bonds. The van der Waals surface area contributed by atoms with Crippen molar-refractivity contribution in [2.24, 2.45) is 0 Å². The summed E-state index contributed by atoms with van der Waals surface area (Å²) in [5.74, 6) is -3.58. The second-order valence-electron chi connectivity index (χ2n) is 6.58. The van der Waals surface area contributed by atoms with Crippen LogP contribution in [0.25, 0.3) is 21.9 Å². The molecule has 1 aliphatic heterocycles. The number of halogens is 3. The van der Waals surface area contributed by atoms with Crippen molar-refractivity contribution in [2.45, 2.75) is 12.6 Å². The summed E-state index contributed by atoms with van der Waals surface area (Å²) in [5, 5.41) is 13.5. The Kier molecular flexibility index (Phi) is 4.41. The number of carbonyl (C=O) groups excluding carboxylic acids is 1. The van der Waals surface area contributed by atoms with E-state index in [0.717, 1.165) is 5.56 Å². The van der Waals surface area contributed by atoms with Gasteiger partial charge in [0.1, 0.15) is 0 Å². The summed E-state index contributed by atoms with van der Waals surface area (Å²) in [4.78, 5) is 22.9. The zero-order chi connectivity index (χ0) is 20.8. The molecule has 4 rings (SSSR count). The van der Waals surface area contributed by atoms with Crippen molar-refractivity contribution in [2.75, 3.05) is 11.9 Å². The summed E-state index contributed by atoms with van der Waals surface area (Å²) in [7, 11) is 0. The molecule has 0 aromatic heterocycles. The number of benzene rings is 3. The molecule has 29 heavy (non-hydrogen) atoms. The number of nitrogens with one attached hydrogen (secondary N) is 1. The maximum Gasteiger partial charge on any atom is 0.491 e. The van der Waals surface area contributed by atoms with Gasteiger partial charge >= 0.3 is 18.1 Å². The van der Waals surface area contributed by atoms with E-state index in [0.29, 0.717) is 40.6 Å². The zero-order valence-corrected chi connectivity index (χ0v) is 14.8. The standard InChI is InChI=1S/C21H14F3NO4/c22-21(23,24)20(28)29-17-10-12(9-11-7-8-25-18(11)17)13-5-6-16(19(26)27)15-4-2-1-3-14(13)15/h1-6,9-10,25H,7-8H2,(H,26,27). The first-order valence-electron chi connectivity index (χ1n) is 8.71. The number of esters is 1. The lowest BCUT2D eigenvalue weighted by molar-refractivity contribution is -0.189. The maximum absolute atomic E-state index is 12.7. The average Bonchev–Trinajstić information content (AvgIpc) is 3.15. The van der Waals surface area contributed by atoms with Crippen LogP contribution in [0, 0.1) is 0 Å². The van der Waals surface area contributed by atoms with Gasteiger partial charge in [0.15, 0.2) is 5.75 Å². The number of hydrogen-bond donors (Lipinski definition) is 2. The summed E-state index contributed by atoms with van der Waals surface area (Å²) in [6, 6.07) is 13.1. The predicted octanol–water partition coefficient (Wildman–Crippen LogP) is 4.64. The summed E-state index contributed by atoms with van der Waals surface area (Å²) >= 11 is 0. The fraction of sp³-hybridized carbons (Fsp3) is 0.143. The Bertz CT molecular complexity index is 1150. The molecule has 0 aliphatic carbocycles. The van der Waals surface area contributed by atoms with Gasteiger partial charge in [-0.15, -0.1) is 0 Å². The highest BCUT2D eigenvalue weighted by Crippen LogP contribution is 2.40. The highest BCUT2D eigenvalue weighted by molar-refractivity contribution is 6.08. The normalized spacial score (nSPS) is 13.1. The molecule has 0 bridgehead atoms. The fourth-order valence-electron chi connectivity index (χ4n) is 3.52. The van der Waals surface area contributed by atoms with Crippen LogP contribution < -0.4 is 10.1 Å². The summed E-state index contributed by atoms with van der Waals surface area (Å²) < 4.78 is 42.7. The molecular formula is C21H14F3NO4. The zero-order valence-electron chi connectivity index (χ0n) is 14.8. The fourth-order valence-corrected chi connectivity index (χ4v) is 3.52. The number of carboxylic acid groups (broad SMARTS) is 1. The van der Waals surface area contributed by atoms with Crippen LogP contribution in [0.2, 0.25) is 0 Å². The largest absolute Gasteiger partial charge is 0.491 e. The number of alkyl halides is 3. The first-order chi connectivity index (χ1) is 13.8. The molecule has 8 heteroatoms. The van der Waals surface area contributed by atoms with E-state index in [9.17, 15) is 27.9 Å². The smallest absolute Gasteiger partial charge is 0.478 e. The van der Waals surface area contributed by atoms with Crippen LogP contribution in [0.5, 0.6) is 5.75 Å². The molecule has 1 heterocycles. The van der Waals surface area contributed by atoms with Crippen molar-refractivity contribution < 1.29 is 32.6 Å². The second-order valence-corrected chi connectivity index (χ2v) is 6.58. The van der Waals surface area contributed by atoms with Gasteiger partial charge in [0.2, 0.25) is 0 Å². The van der Waals surface area contributed by atoms with Gasteiger partial charge in [-0.05, 0) is 52.1 Å². The highest BCUT2D eigenvalue weighted by Gasteiger charge is 2.42. The molecule has 0 radical (unpaired) electrons. The van der Waals surface area contributed by atoms with Crippen LogP contribution in [-0.2, 0) is 11.2 Å². The van der Waals surface area contributed by atoms with E-state index in [2.05, 4.69) is 10.1 Å². The number of carboxylic acids is 1. The lowest BCUT2D eigenvalue weighted by Crippen LogP contribution is -2.28. The van der Waals surface area contributed by atoms with E-state index in [1.807, 2.05) is 6.07 Å². The van der Waals surface area contributed by atoms with E-state index < -0.39 is 18.1 Å². The number of rotatable bonds is 3. The number of hydrogen-bond acceptors (Lipinski definition) is 4. The average molecular weight is 401 g/mol. The van der Waals surface area contributed by atoms with E-state index in [1.54, 1.807) is 30.3 Å². The Morgan fingerprint density at radius 3 is 2.45 bits per heavy atom.